The second-order valence-corrected chi connectivity index (χ2v) is 8.09. The third-order valence-corrected chi connectivity index (χ3v) is 7.27. The third kappa shape index (κ3) is 2.51. The van der Waals surface area contributed by atoms with Crippen LogP contribution in [0.5, 0.6) is 0 Å². The molecule has 0 aromatic heterocycles. The predicted octanol–water partition coefficient (Wildman–Crippen LogP) is 3.32. The number of thioether (sulfide) groups is 2. The minimum atomic E-state index is -0.317. The van der Waals surface area contributed by atoms with E-state index in [0.29, 0.717) is 6.54 Å². The molecule has 23 heavy (non-hydrogen) atoms. The summed E-state index contributed by atoms with van der Waals surface area (Å²) >= 11 is 8.24. The van der Waals surface area contributed by atoms with Crippen molar-refractivity contribution >= 4 is 52.7 Å². The highest BCUT2D eigenvalue weighted by Crippen LogP contribution is 2.55. The first-order valence-corrected chi connectivity index (χ1v) is 9.25. The van der Waals surface area contributed by atoms with Crippen LogP contribution in [0.3, 0.4) is 0 Å². The Bertz CT molecular complexity index is 753. The Kier molecular flexibility index (Phi) is 4.29. The molecule has 120 valence electrons. The van der Waals surface area contributed by atoms with Crippen molar-refractivity contribution in [3.8, 4) is 0 Å². The fourth-order valence-corrected chi connectivity index (χ4v) is 5.63. The number of carbonyl (C=O) groups excluding carboxylic acids is 2. The van der Waals surface area contributed by atoms with Gasteiger partial charge < -0.3 is 0 Å². The molecule has 2 amide bonds. The molecule has 0 atom stereocenters. The number of thiocarbonyl (C=S) groups is 1. The van der Waals surface area contributed by atoms with E-state index in [0.717, 1.165) is 25.2 Å². The Balaban J connectivity index is 2.10. The molecule has 1 aromatic carbocycles. The lowest BCUT2D eigenvalue weighted by Crippen LogP contribution is -2.54. The highest BCUT2D eigenvalue weighted by atomic mass is 32.2. The zero-order valence-corrected chi connectivity index (χ0v) is 15.7. The zero-order chi connectivity index (χ0) is 16.9. The van der Waals surface area contributed by atoms with E-state index < -0.39 is 0 Å². The van der Waals surface area contributed by atoms with Crippen LogP contribution in [0.4, 0.5) is 0 Å². The molecule has 2 heterocycles. The molecule has 2 aliphatic heterocycles. The van der Waals surface area contributed by atoms with E-state index in [1.165, 1.54) is 33.3 Å². The summed E-state index contributed by atoms with van der Waals surface area (Å²) in [6, 6.07) is 4.14. The van der Waals surface area contributed by atoms with Gasteiger partial charge in [-0.1, -0.05) is 35.7 Å². The monoisotopic (exact) mass is 364 g/mol. The van der Waals surface area contributed by atoms with Gasteiger partial charge in [0.25, 0.3) is 11.8 Å². The number of benzene rings is 1. The Hall–Kier alpha value is -1.31. The second kappa shape index (κ2) is 5.96. The molecule has 1 aromatic rings. The zero-order valence-electron chi connectivity index (χ0n) is 13.3. The Morgan fingerprint density at radius 3 is 2.04 bits per heavy atom. The molecular weight excluding hydrogens is 348 g/mol. The van der Waals surface area contributed by atoms with E-state index in [4.69, 9.17) is 12.2 Å². The lowest BCUT2D eigenvalue weighted by atomic mass is 10.2. The van der Waals surface area contributed by atoms with Crippen LogP contribution in [-0.2, 0) is 9.59 Å². The van der Waals surface area contributed by atoms with Crippen LogP contribution in [0, 0.1) is 13.8 Å². The Morgan fingerprint density at radius 1 is 1.04 bits per heavy atom. The Labute approximate surface area is 149 Å². The predicted molar refractivity (Wildman–Crippen MR) is 97.4 cm³/mol. The summed E-state index contributed by atoms with van der Waals surface area (Å²) < 4.78 is 0.750. The Morgan fingerprint density at radius 2 is 1.57 bits per heavy atom. The molecule has 0 unspecified atom stereocenters. The van der Waals surface area contributed by atoms with Gasteiger partial charge in [0, 0.05) is 23.4 Å². The van der Waals surface area contributed by atoms with Gasteiger partial charge in [-0.05, 0) is 44.1 Å². The molecule has 0 aliphatic carbocycles. The molecule has 4 nitrogen and oxygen atoms in total. The first-order chi connectivity index (χ1) is 10.9. The lowest BCUT2D eigenvalue weighted by molar-refractivity contribution is -0.133. The molecule has 3 rings (SSSR count). The van der Waals surface area contributed by atoms with Crippen molar-refractivity contribution in [2.45, 2.75) is 30.6 Å². The number of carbonyl (C=O) groups is 2. The second-order valence-electron chi connectivity index (χ2n) is 5.42. The fourth-order valence-electron chi connectivity index (χ4n) is 2.52. The van der Waals surface area contributed by atoms with Crippen molar-refractivity contribution in [3.05, 3.63) is 33.1 Å². The molecule has 0 bridgehead atoms. The molecule has 0 radical (unpaired) electrons. The van der Waals surface area contributed by atoms with Gasteiger partial charge in [-0.25, -0.2) is 0 Å². The smallest absolute Gasteiger partial charge is 0.267 e. The fraction of sp³-hybridized carbons (Fsp3) is 0.312. The van der Waals surface area contributed by atoms with Crippen LogP contribution in [0.1, 0.15) is 18.1 Å². The number of fused-ring (bicyclic) bond motifs is 1. The minimum Gasteiger partial charge on any atom is -0.288 e. The lowest BCUT2D eigenvalue weighted by Gasteiger charge is -2.34. The first kappa shape index (κ1) is 16.5. The maximum atomic E-state index is 12.7. The van der Waals surface area contributed by atoms with Gasteiger partial charge in [0.1, 0.15) is 5.57 Å². The van der Waals surface area contributed by atoms with E-state index in [-0.39, 0.29) is 22.5 Å². The molecule has 2 aliphatic rings. The number of nitrogens with zero attached hydrogens (tertiary/aromatic N) is 2. The summed E-state index contributed by atoms with van der Waals surface area (Å²) in [7, 11) is 1.62. The van der Waals surface area contributed by atoms with Crippen molar-refractivity contribution in [2.24, 2.45) is 0 Å². The van der Waals surface area contributed by atoms with Crippen molar-refractivity contribution in [1.82, 2.24) is 9.80 Å². The van der Waals surface area contributed by atoms with Crippen molar-refractivity contribution in [1.29, 1.82) is 0 Å². The molecule has 7 heteroatoms. The topological polar surface area (TPSA) is 40.6 Å². The van der Waals surface area contributed by atoms with Gasteiger partial charge in [-0.3, -0.25) is 19.4 Å². The number of hydrogen-bond donors (Lipinski definition) is 0. The molecule has 1 saturated heterocycles. The van der Waals surface area contributed by atoms with E-state index >= 15 is 0 Å². The number of likely N-dealkylation sites (N-methyl/N-ethyl adjacent to an activating group) is 2. The number of amides is 2. The molecule has 0 spiro atoms. The van der Waals surface area contributed by atoms with E-state index in [1.54, 1.807) is 7.05 Å². The van der Waals surface area contributed by atoms with Crippen LogP contribution in [0.25, 0.3) is 0 Å². The van der Waals surface area contributed by atoms with Crippen molar-refractivity contribution < 1.29 is 9.59 Å². The van der Waals surface area contributed by atoms with E-state index in [1.807, 2.05) is 20.8 Å². The van der Waals surface area contributed by atoms with Gasteiger partial charge in [0.05, 0.1) is 4.24 Å². The summed E-state index contributed by atoms with van der Waals surface area (Å²) in [4.78, 5) is 30.5. The van der Waals surface area contributed by atoms with Gasteiger partial charge in [-0.2, -0.15) is 0 Å². The van der Waals surface area contributed by atoms with Crippen LogP contribution in [0.2, 0.25) is 0 Å². The highest BCUT2D eigenvalue weighted by molar-refractivity contribution is 8.24. The molecule has 0 N–H and O–H groups in total. The third-order valence-electron chi connectivity index (χ3n) is 3.91. The average molecular weight is 365 g/mol. The van der Waals surface area contributed by atoms with Gasteiger partial charge in [0.2, 0.25) is 0 Å². The SMILES string of the molecule is CCN1C(=O)C(=C2Sc3c(C)ccc(C)c3S2)C(=O)N(C)C1=S. The van der Waals surface area contributed by atoms with Crippen LogP contribution >= 0.6 is 35.7 Å². The van der Waals surface area contributed by atoms with Crippen LogP contribution < -0.4 is 0 Å². The van der Waals surface area contributed by atoms with Gasteiger partial charge in [0.15, 0.2) is 5.11 Å². The summed E-state index contributed by atoms with van der Waals surface area (Å²) in [6.07, 6.45) is 0. The van der Waals surface area contributed by atoms with Gasteiger partial charge >= 0.3 is 0 Å². The maximum Gasteiger partial charge on any atom is 0.267 e. The minimum absolute atomic E-state index is 0.230. The average Bonchev–Trinajstić information content (AvgIpc) is 2.96. The van der Waals surface area contributed by atoms with Crippen molar-refractivity contribution in [3.63, 3.8) is 0 Å². The number of aryl methyl sites for hydroxylation is 2. The first-order valence-electron chi connectivity index (χ1n) is 7.20. The molecule has 0 saturated carbocycles. The highest BCUT2D eigenvalue weighted by Gasteiger charge is 2.40. The van der Waals surface area contributed by atoms with Crippen LogP contribution in [-0.4, -0.2) is 40.3 Å². The maximum absolute atomic E-state index is 12.7. The summed E-state index contributed by atoms with van der Waals surface area (Å²) in [5.74, 6) is -0.610. The largest absolute Gasteiger partial charge is 0.288 e. The normalized spacial score (nSPS) is 18.2. The van der Waals surface area contributed by atoms with Crippen molar-refractivity contribution in [2.75, 3.05) is 13.6 Å². The van der Waals surface area contributed by atoms with Crippen LogP contribution in [0.15, 0.2) is 31.7 Å². The molecule has 1 fully saturated rings. The summed E-state index contributed by atoms with van der Waals surface area (Å²) in [5, 5.41) is 0.268. The quantitative estimate of drug-likeness (QED) is 0.434. The number of hydrogen-bond acceptors (Lipinski definition) is 5. The van der Waals surface area contributed by atoms with E-state index in [9.17, 15) is 9.59 Å². The standard InChI is InChI=1S/C16H16N2O2S3/c1-5-18-14(20)10(13(19)17(4)16(18)21)15-22-11-8(2)6-7-9(3)12(11)23-15/h6-7H,5H2,1-4H3. The summed E-state index contributed by atoms with van der Waals surface area (Å²) in [5.41, 5.74) is 2.55. The summed E-state index contributed by atoms with van der Waals surface area (Å²) in [6.45, 7) is 6.40. The van der Waals surface area contributed by atoms with E-state index in [2.05, 4.69) is 12.1 Å². The van der Waals surface area contributed by atoms with Gasteiger partial charge in [-0.15, -0.1) is 0 Å². The molecular formula is C16H16N2O2S3. The number of rotatable bonds is 1.